The predicted octanol–water partition coefficient (Wildman–Crippen LogP) is 2.57. The lowest BCUT2D eigenvalue weighted by molar-refractivity contribution is -0.135. The molecule has 37 heavy (non-hydrogen) atoms. The number of hydrogen-bond acceptors (Lipinski definition) is 8. The maximum Gasteiger partial charge on any atom is 0.420 e. The van der Waals surface area contributed by atoms with Crippen LogP contribution >= 0.6 is 0 Å². The van der Waals surface area contributed by atoms with Gasteiger partial charge in [0.2, 0.25) is 29.1 Å². The van der Waals surface area contributed by atoms with E-state index < -0.39 is 17.7 Å². The molecule has 1 aliphatic heterocycles. The SMILES string of the molecule is O=C1CCC(n2c(=O)oc3ccc(Cc4nc(-c5cccc(-c6ccc(=O)[nH]c6)c5)no4)cc32)C(=O)N1. The molecule has 1 saturated heterocycles. The molecule has 1 atom stereocenters. The van der Waals surface area contributed by atoms with Crippen LogP contribution in [0, 0.1) is 0 Å². The van der Waals surface area contributed by atoms with E-state index in [0.717, 1.165) is 22.3 Å². The van der Waals surface area contributed by atoms with Crippen molar-refractivity contribution in [2.45, 2.75) is 25.3 Å². The van der Waals surface area contributed by atoms with Gasteiger partial charge in [0.15, 0.2) is 5.58 Å². The van der Waals surface area contributed by atoms with Crippen LogP contribution in [0.15, 0.2) is 79.3 Å². The Bertz CT molecular complexity index is 1770. The second kappa shape index (κ2) is 8.86. The zero-order chi connectivity index (χ0) is 25.5. The second-order valence-electron chi connectivity index (χ2n) is 8.72. The van der Waals surface area contributed by atoms with Crippen molar-refractivity contribution in [3.63, 3.8) is 0 Å². The molecule has 1 unspecified atom stereocenters. The van der Waals surface area contributed by atoms with Gasteiger partial charge in [0.05, 0.1) is 11.9 Å². The van der Waals surface area contributed by atoms with Gasteiger partial charge in [0.25, 0.3) is 0 Å². The lowest BCUT2D eigenvalue weighted by Crippen LogP contribution is -2.43. The highest BCUT2D eigenvalue weighted by molar-refractivity contribution is 6.00. The van der Waals surface area contributed by atoms with Crippen molar-refractivity contribution in [2.75, 3.05) is 0 Å². The first kappa shape index (κ1) is 22.4. The number of fused-ring (bicyclic) bond motifs is 1. The molecule has 2 aromatic carbocycles. The summed E-state index contributed by atoms with van der Waals surface area (Å²) < 4.78 is 12.1. The molecule has 1 fully saturated rings. The largest absolute Gasteiger partial charge is 0.420 e. The summed E-state index contributed by atoms with van der Waals surface area (Å²) in [6, 6.07) is 15.1. The topological polar surface area (TPSA) is 153 Å². The summed E-state index contributed by atoms with van der Waals surface area (Å²) in [5, 5.41) is 6.37. The number of carbonyl (C=O) groups excluding carboxylic acids is 2. The Morgan fingerprint density at radius 2 is 1.84 bits per heavy atom. The highest BCUT2D eigenvalue weighted by Crippen LogP contribution is 2.26. The van der Waals surface area contributed by atoms with Crippen molar-refractivity contribution in [1.29, 1.82) is 0 Å². The van der Waals surface area contributed by atoms with Crippen LogP contribution in [0.5, 0.6) is 0 Å². The molecule has 11 nitrogen and oxygen atoms in total. The number of aromatic amines is 1. The van der Waals surface area contributed by atoms with Crippen LogP contribution in [-0.4, -0.2) is 31.5 Å². The summed E-state index contributed by atoms with van der Waals surface area (Å²) in [6.07, 6.45) is 2.29. The number of nitrogens with zero attached hydrogens (tertiary/aromatic N) is 3. The quantitative estimate of drug-likeness (QED) is 0.351. The number of oxazole rings is 1. The molecule has 2 amide bonds. The van der Waals surface area contributed by atoms with Crippen LogP contribution in [0.1, 0.15) is 30.3 Å². The first-order chi connectivity index (χ1) is 17.9. The van der Waals surface area contributed by atoms with E-state index in [-0.39, 0.29) is 30.7 Å². The fraction of sp³-hybridized carbons (Fsp3) is 0.154. The summed E-state index contributed by atoms with van der Waals surface area (Å²) in [4.78, 5) is 54.9. The van der Waals surface area contributed by atoms with Crippen LogP contribution in [0.4, 0.5) is 0 Å². The fourth-order valence-electron chi connectivity index (χ4n) is 4.46. The van der Waals surface area contributed by atoms with E-state index in [4.69, 9.17) is 8.94 Å². The van der Waals surface area contributed by atoms with E-state index in [0.29, 0.717) is 22.8 Å². The van der Waals surface area contributed by atoms with E-state index in [1.54, 1.807) is 30.5 Å². The number of imide groups is 1. The van der Waals surface area contributed by atoms with Gasteiger partial charge >= 0.3 is 5.76 Å². The Labute approximate surface area is 207 Å². The van der Waals surface area contributed by atoms with Gasteiger partial charge in [0.1, 0.15) is 6.04 Å². The summed E-state index contributed by atoms with van der Waals surface area (Å²) in [5.41, 5.74) is 3.86. The first-order valence-electron chi connectivity index (χ1n) is 11.5. The van der Waals surface area contributed by atoms with Gasteiger partial charge in [-0.1, -0.05) is 29.4 Å². The molecule has 4 heterocycles. The minimum Gasteiger partial charge on any atom is -0.408 e. The molecule has 6 rings (SSSR count). The molecule has 184 valence electrons. The summed E-state index contributed by atoms with van der Waals surface area (Å²) in [5.74, 6) is -0.784. The fourth-order valence-corrected chi connectivity index (χ4v) is 4.46. The maximum absolute atomic E-state index is 12.5. The van der Waals surface area contributed by atoms with Gasteiger partial charge in [-0.25, -0.2) is 4.79 Å². The average Bonchev–Trinajstić information content (AvgIpc) is 3.48. The molecular formula is C26H19N5O6. The standard InChI is InChI=1S/C26H19N5O6/c32-21-8-5-17(13-27-21)15-2-1-3-16(12-15)24-29-23(37-30-24)11-14-4-7-20-19(10-14)31(26(35)36-20)18-6-9-22(33)28-25(18)34/h1-5,7-8,10,12-13,18H,6,9,11H2,(H,27,32)(H,28,33,34). The van der Waals surface area contributed by atoms with Gasteiger partial charge < -0.3 is 13.9 Å². The monoisotopic (exact) mass is 497 g/mol. The van der Waals surface area contributed by atoms with Gasteiger partial charge in [-0.15, -0.1) is 0 Å². The summed E-state index contributed by atoms with van der Waals surface area (Å²) in [6.45, 7) is 0. The molecule has 5 aromatic rings. The lowest BCUT2D eigenvalue weighted by Gasteiger charge is -2.21. The van der Waals surface area contributed by atoms with Gasteiger partial charge in [-0.05, 0) is 47.4 Å². The number of hydrogen-bond donors (Lipinski definition) is 2. The molecule has 3 aromatic heterocycles. The first-order valence-corrected chi connectivity index (χ1v) is 11.5. The number of aromatic nitrogens is 4. The highest BCUT2D eigenvalue weighted by Gasteiger charge is 2.31. The zero-order valence-corrected chi connectivity index (χ0v) is 19.3. The van der Waals surface area contributed by atoms with Crippen LogP contribution in [-0.2, 0) is 16.0 Å². The Morgan fingerprint density at radius 3 is 2.65 bits per heavy atom. The number of carbonyl (C=O) groups is 2. The van der Waals surface area contributed by atoms with Crippen LogP contribution < -0.4 is 16.6 Å². The molecule has 11 heteroatoms. The van der Waals surface area contributed by atoms with Crippen molar-refractivity contribution in [1.82, 2.24) is 25.0 Å². The third kappa shape index (κ3) is 4.27. The Morgan fingerprint density at radius 1 is 0.973 bits per heavy atom. The van der Waals surface area contributed by atoms with Crippen molar-refractivity contribution in [3.05, 3.63) is 93.2 Å². The number of amides is 2. The molecule has 0 saturated carbocycles. The number of rotatable bonds is 5. The van der Waals surface area contributed by atoms with E-state index in [1.807, 2.05) is 24.3 Å². The maximum atomic E-state index is 12.5. The predicted molar refractivity (Wildman–Crippen MR) is 130 cm³/mol. The number of piperidine rings is 1. The van der Waals surface area contributed by atoms with Crippen molar-refractivity contribution >= 4 is 22.9 Å². The van der Waals surface area contributed by atoms with Gasteiger partial charge in [-0.2, -0.15) is 4.98 Å². The lowest BCUT2D eigenvalue weighted by atomic mass is 10.0. The average molecular weight is 497 g/mol. The molecular weight excluding hydrogens is 478 g/mol. The van der Waals surface area contributed by atoms with E-state index in [9.17, 15) is 19.2 Å². The van der Waals surface area contributed by atoms with Crippen LogP contribution in [0.2, 0.25) is 0 Å². The molecule has 0 aliphatic carbocycles. The number of nitrogens with one attached hydrogen (secondary N) is 2. The molecule has 2 N–H and O–H groups in total. The molecule has 1 aliphatic rings. The second-order valence-corrected chi connectivity index (χ2v) is 8.72. The number of benzene rings is 2. The minimum absolute atomic E-state index is 0.142. The highest BCUT2D eigenvalue weighted by atomic mass is 16.5. The normalized spacial score (nSPS) is 15.7. The minimum atomic E-state index is -0.827. The molecule has 0 spiro atoms. The van der Waals surface area contributed by atoms with Gasteiger partial charge in [-0.3, -0.25) is 24.3 Å². The third-order valence-corrected chi connectivity index (χ3v) is 6.26. The van der Waals surface area contributed by atoms with Gasteiger partial charge in [0, 0.05) is 24.2 Å². The number of pyridine rings is 1. The van der Waals surface area contributed by atoms with E-state index in [2.05, 4.69) is 20.4 Å². The van der Waals surface area contributed by atoms with Crippen LogP contribution in [0.3, 0.4) is 0 Å². The Balaban J connectivity index is 1.27. The van der Waals surface area contributed by atoms with E-state index >= 15 is 0 Å². The smallest absolute Gasteiger partial charge is 0.408 e. The summed E-state index contributed by atoms with van der Waals surface area (Å²) in [7, 11) is 0. The molecule has 0 radical (unpaired) electrons. The van der Waals surface area contributed by atoms with Crippen molar-refractivity contribution in [3.8, 4) is 22.5 Å². The van der Waals surface area contributed by atoms with E-state index in [1.165, 1.54) is 10.6 Å². The third-order valence-electron chi connectivity index (χ3n) is 6.26. The molecule has 0 bridgehead atoms. The Hall–Kier alpha value is -5.06. The van der Waals surface area contributed by atoms with Crippen molar-refractivity contribution in [2.24, 2.45) is 0 Å². The van der Waals surface area contributed by atoms with Crippen molar-refractivity contribution < 1.29 is 18.5 Å². The summed E-state index contributed by atoms with van der Waals surface area (Å²) >= 11 is 0. The van der Waals surface area contributed by atoms with Crippen LogP contribution in [0.25, 0.3) is 33.6 Å². The zero-order valence-electron chi connectivity index (χ0n) is 19.3. The Kier molecular flexibility index (Phi) is 5.37. The number of H-pyrrole nitrogens is 1.